The second kappa shape index (κ2) is 5.42. The fraction of sp³-hybridized carbons (Fsp3) is 0.615. The summed E-state index contributed by atoms with van der Waals surface area (Å²) in [6.07, 6.45) is 2.78. The lowest BCUT2D eigenvalue weighted by atomic mass is 9.84. The standard InChI is InChI=1S/C13H18F2N4O2/c1-4-13(8(2)3)10(20)19(12(21)17-13)7-9-16-5-6-18(9)11(14)15/h5-6,8,11H,4,7H2,1-3H3,(H,17,21). The fourth-order valence-electron chi connectivity index (χ4n) is 2.61. The third-order valence-electron chi connectivity index (χ3n) is 4.00. The van der Waals surface area contributed by atoms with Crippen molar-refractivity contribution in [3.63, 3.8) is 0 Å². The molecule has 21 heavy (non-hydrogen) atoms. The van der Waals surface area contributed by atoms with Gasteiger partial charge in [0, 0.05) is 12.4 Å². The molecule has 116 valence electrons. The number of hydrogen-bond acceptors (Lipinski definition) is 3. The smallest absolute Gasteiger partial charge is 0.323 e. The molecule has 8 heteroatoms. The van der Waals surface area contributed by atoms with Crippen LogP contribution in [0.15, 0.2) is 12.4 Å². The second-order valence-corrected chi connectivity index (χ2v) is 5.33. The summed E-state index contributed by atoms with van der Waals surface area (Å²) in [5, 5.41) is 2.69. The molecule has 1 fully saturated rings. The van der Waals surface area contributed by atoms with E-state index in [4.69, 9.17) is 0 Å². The number of hydrogen-bond donors (Lipinski definition) is 1. The number of amides is 3. The average molecular weight is 300 g/mol. The molecule has 0 aliphatic carbocycles. The molecule has 1 aromatic heterocycles. The number of imidazole rings is 1. The van der Waals surface area contributed by atoms with Gasteiger partial charge in [-0.15, -0.1) is 0 Å². The van der Waals surface area contributed by atoms with Crippen LogP contribution in [0.5, 0.6) is 0 Å². The van der Waals surface area contributed by atoms with Crippen molar-refractivity contribution >= 4 is 11.9 Å². The predicted octanol–water partition coefficient (Wildman–Crippen LogP) is 2.13. The van der Waals surface area contributed by atoms with Crippen molar-refractivity contribution in [2.24, 2.45) is 5.92 Å². The molecule has 1 saturated heterocycles. The van der Waals surface area contributed by atoms with E-state index in [1.165, 1.54) is 6.20 Å². The highest BCUT2D eigenvalue weighted by Crippen LogP contribution is 2.30. The van der Waals surface area contributed by atoms with Gasteiger partial charge in [0.2, 0.25) is 0 Å². The van der Waals surface area contributed by atoms with Gasteiger partial charge in [0.25, 0.3) is 5.91 Å². The maximum atomic E-state index is 12.8. The summed E-state index contributed by atoms with van der Waals surface area (Å²) >= 11 is 0. The third kappa shape index (κ3) is 2.38. The molecule has 1 aliphatic heterocycles. The van der Waals surface area contributed by atoms with E-state index >= 15 is 0 Å². The summed E-state index contributed by atoms with van der Waals surface area (Å²) in [7, 11) is 0. The number of alkyl halides is 2. The van der Waals surface area contributed by atoms with E-state index in [2.05, 4.69) is 10.3 Å². The van der Waals surface area contributed by atoms with Gasteiger partial charge in [-0.3, -0.25) is 14.3 Å². The summed E-state index contributed by atoms with van der Waals surface area (Å²) in [6.45, 7) is 2.46. The van der Waals surface area contributed by atoms with Gasteiger partial charge in [0.1, 0.15) is 11.4 Å². The van der Waals surface area contributed by atoms with Gasteiger partial charge in [-0.05, 0) is 12.3 Å². The minimum absolute atomic E-state index is 0.0239. The van der Waals surface area contributed by atoms with Crippen molar-refractivity contribution in [2.75, 3.05) is 0 Å². The lowest BCUT2D eigenvalue weighted by Gasteiger charge is -2.29. The molecule has 0 spiro atoms. The molecular formula is C13H18F2N4O2. The van der Waals surface area contributed by atoms with Crippen molar-refractivity contribution < 1.29 is 18.4 Å². The van der Waals surface area contributed by atoms with Crippen molar-refractivity contribution in [1.82, 2.24) is 19.8 Å². The number of imide groups is 1. The first-order chi connectivity index (χ1) is 9.83. The molecule has 1 atom stereocenters. The van der Waals surface area contributed by atoms with Gasteiger partial charge < -0.3 is 5.32 Å². The molecular weight excluding hydrogens is 282 g/mol. The molecule has 0 saturated carbocycles. The summed E-state index contributed by atoms with van der Waals surface area (Å²) in [6, 6.07) is -0.570. The Balaban J connectivity index is 2.27. The first-order valence-corrected chi connectivity index (χ1v) is 6.77. The Morgan fingerprint density at radius 1 is 1.38 bits per heavy atom. The zero-order chi connectivity index (χ0) is 15.8. The van der Waals surface area contributed by atoms with Crippen LogP contribution in [-0.2, 0) is 11.3 Å². The van der Waals surface area contributed by atoms with E-state index in [0.717, 1.165) is 11.1 Å². The van der Waals surface area contributed by atoms with Crippen LogP contribution in [0.1, 0.15) is 39.6 Å². The Bertz CT molecular complexity index is 558. The number of aromatic nitrogens is 2. The highest BCUT2D eigenvalue weighted by Gasteiger charge is 2.52. The summed E-state index contributed by atoms with van der Waals surface area (Å²) < 4.78 is 26.2. The Morgan fingerprint density at radius 3 is 2.52 bits per heavy atom. The number of carbonyl (C=O) groups is 2. The third-order valence-corrected chi connectivity index (χ3v) is 4.00. The summed E-state index contributed by atoms with van der Waals surface area (Å²) in [5.74, 6) is -0.517. The van der Waals surface area contributed by atoms with E-state index < -0.39 is 24.0 Å². The number of nitrogens with zero attached hydrogens (tertiary/aromatic N) is 3. The highest BCUT2D eigenvalue weighted by molar-refractivity contribution is 6.07. The van der Waals surface area contributed by atoms with Crippen LogP contribution in [0.25, 0.3) is 0 Å². The van der Waals surface area contributed by atoms with Crippen LogP contribution in [0.4, 0.5) is 13.6 Å². The molecule has 0 radical (unpaired) electrons. The Labute approximate surface area is 121 Å². The Hall–Kier alpha value is -1.99. The maximum Gasteiger partial charge on any atom is 0.325 e. The number of halogens is 2. The SMILES string of the molecule is CCC1(C(C)C)NC(=O)N(Cc2nccn2C(F)F)C1=O. The molecule has 1 unspecified atom stereocenters. The zero-order valence-corrected chi connectivity index (χ0v) is 12.1. The normalized spacial score (nSPS) is 22.5. The van der Waals surface area contributed by atoms with Crippen molar-refractivity contribution in [3.8, 4) is 0 Å². The number of nitrogens with one attached hydrogen (secondary N) is 1. The monoisotopic (exact) mass is 300 g/mol. The largest absolute Gasteiger partial charge is 0.325 e. The van der Waals surface area contributed by atoms with E-state index in [0.29, 0.717) is 11.0 Å². The van der Waals surface area contributed by atoms with Crippen molar-refractivity contribution in [2.45, 2.75) is 45.8 Å². The molecule has 3 amide bonds. The molecule has 1 aromatic rings. The molecule has 1 N–H and O–H groups in total. The van der Waals surface area contributed by atoms with Crippen molar-refractivity contribution in [1.29, 1.82) is 0 Å². The van der Waals surface area contributed by atoms with Gasteiger partial charge in [0.15, 0.2) is 0 Å². The summed E-state index contributed by atoms with van der Waals surface area (Å²) in [5.41, 5.74) is -0.973. The highest BCUT2D eigenvalue weighted by atomic mass is 19.3. The molecule has 2 heterocycles. The van der Waals surface area contributed by atoms with Crippen LogP contribution in [0.2, 0.25) is 0 Å². The molecule has 6 nitrogen and oxygen atoms in total. The van der Waals surface area contributed by atoms with Gasteiger partial charge in [-0.1, -0.05) is 20.8 Å². The zero-order valence-electron chi connectivity index (χ0n) is 12.1. The van der Waals surface area contributed by atoms with Crippen LogP contribution in [-0.4, -0.2) is 31.9 Å². The van der Waals surface area contributed by atoms with Crippen LogP contribution in [0.3, 0.4) is 0 Å². The van der Waals surface area contributed by atoms with Crippen molar-refractivity contribution in [3.05, 3.63) is 18.2 Å². The molecule has 2 rings (SSSR count). The number of rotatable bonds is 5. The van der Waals surface area contributed by atoms with Crippen LogP contribution in [0, 0.1) is 5.92 Å². The van der Waals surface area contributed by atoms with E-state index in [1.54, 1.807) is 0 Å². The van der Waals surface area contributed by atoms with Gasteiger partial charge in [0.05, 0.1) is 6.54 Å². The molecule has 0 aromatic carbocycles. The van der Waals surface area contributed by atoms with E-state index in [9.17, 15) is 18.4 Å². The molecule has 1 aliphatic rings. The minimum atomic E-state index is -2.76. The number of carbonyl (C=O) groups excluding carboxylic acids is 2. The van der Waals surface area contributed by atoms with E-state index in [1.807, 2.05) is 20.8 Å². The topological polar surface area (TPSA) is 67.2 Å². The minimum Gasteiger partial charge on any atom is -0.323 e. The lowest BCUT2D eigenvalue weighted by Crippen LogP contribution is -2.50. The van der Waals surface area contributed by atoms with Crippen LogP contribution < -0.4 is 5.32 Å². The maximum absolute atomic E-state index is 12.8. The average Bonchev–Trinajstić information content (AvgIpc) is 2.97. The van der Waals surface area contributed by atoms with Crippen LogP contribution >= 0.6 is 0 Å². The predicted molar refractivity (Wildman–Crippen MR) is 70.4 cm³/mol. The first-order valence-electron chi connectivity index (χ1n) is 6.77. The quantitative estimate of drug-likeness (QED) is 0.847. The van der Waals surface area contributed by atoms with E-state index in [-0.39, 0.29) is 18.3 Å². The Kier molecular flexibility index (Phi) is 3.97. The lowest BCUT2D eigenvalue weighted by molar-refractivity contribution is -0.133. The summed E-state index contributed by atoms with van der Waals surface area (Å²) in [4.78, 5) is 29.3. The second-order valence-electron chi connectivity index (χ2n) is 5.33. The van der Waals surface area contributed by atoms with Gasteiger partial charge >= 0.3 is 12.6 Å². The first kappa shape index (κ1) is 15.4. The van der Waals surface area contributed by atoms with Gasteiger partial charge in [-0.2, -0.15) is 8.78 Å². The number of urea groups is 1. The fourth-order valence-corrected chi connectivity index (χ4v) is 2.61. The molecule has 0 bridgehead atoms. The Morgan fingerprint density at radius 2 is 2.05 bits per heavy atom. The van der Waals surface area contributed by atoms with Gasteiger partial charge in [-0.25, -0.2) is 9.78 Å².